The number of benzene rings is 2. The smallest absolute Gasteiger partial charge is 0.263 e. The Balaban J connectivity index is 1.62. The maximum absolute atomic E-state index is 13.9. The highest BCUT2D eigenvalue weighted by molar-refractivity contribution is 6.25. The van der Waals surface area contributed by atoms with Crippen LogP contribution >= 0.6 is 0 Å². The summed E-state index contributed by atoms with van der Waals surface area (Å²) >= 11 is 0. The van der Waals surface area contributed by atoms with Crippen molar-refractivity contribution >= 4 is 17.5 Å². The molecule has 0 spiro atoms. The standard InChI is InChI=1S/C18H15FN4O2/c1-11-6-8-13(9-7-11)23-17(24)15-16(18(23)25)22(21-20-15)10-12-4-2-3-5-14(12)19/h2-9,15-16H,10H2,1H3/t15-,16+/m1/s1. The first-order valence-corrected chi connectivity index (χ1v) is 7.91. The van der Waals surface area contributed by atoms with Gasteiger partial charge in [0.25, 0.3) is 11.8 Å². The quantitative estimate of drug-likeness (QED) is 0.808. The molecular formula is C18H15FN4O2. The first-order valence-electron chi connectivity index (χ1n) is 7.91. The summed E-state index contributed by atoms with van der Waals surface area (Å²) < 4.78 is 13.9. The monoisotopic (exact) mass is 338 g/mol. The Morgan fingerprint density at radius 3 is 2.48 bits per heavy atom. The fourth-order valence-electron chi connectivity index (χ4n) is 3.10. The van der Waals surface area contributed by atoms with Crippen LogP contribution in [0.2, 0.25) is 0 Å². The number of anilines is 1. The number of carbonyl (C=O) groups excluding carboxylic acids is 2. The summed E-state index contributed by atoms with van der Waals surface area (Å²) in [6.45, 7) is 2.01. The largest absolute Gasteiger partial charge is 0.271 e. The fourth-order valence-corrected chi connectivity index (χ4v) is 3.10. The lowest BCUT2D eigenvalue weighted by Gasteiger charge is -2.20. The van der Waals surface area contributed by atoms with Crippen LogP contribution in [0, 0.1) is 12.7 Å². The number of halogens is 1. The van der Waals surface area contributed by atoms with Crippen molar-refractivity contribution in [1.29, 1.82) is 0 Å². The first-order chi connectivity index (χ1) is 12.1. The molecule has 126 valence electrons. The summed E-state index contributed by atoms with van der Waals surface area (Å²) in [5.41, 5.74) is 1.94. The molecule has 0 saturated carbocycles. The summed E-state index contributed by atoms with van der Waals surface area (Å²) in [4.78, 5) is 26.6. The maximum atomic E-state index is 13.9. The van der Waals surface area contributed by atoms with Crippen LogP contribution in [0.4, 0.5) is 10.1 Å². The summed E-state index contributed by atoms with van der Waals surface area (Å²) in [6, 6.07) is 11.7. The number of imide groups is 1. The average Bonchev–Trinajstić information content (AvgIpc) is 3.12. The molecule has 2 aliphatic heterocycles. The van der Waals surface area contributed by atoms with E-state index in [1.54, 1.807) is 30.3 Å². The number of carbonyl (C=O) groups is 2. The molecule has 2 heterocycles. The van der Waals surface area contributed by atoms with E-state index in [9.17, 15) is 14.0 Å². The Labute approximate surface area is 143 Å². The summed E-state index contributed by atoms with van der Waals surface area (Å²) in [6.07, 6.45) is 0. The van der Waals surface area contributed by atoms with E-state index in [2.05, 4.69) is 10.3 Å². The number of hydrogen-bond donors (Lipinski definition) is 0. The molecular weight excluding hydrogens is 323 g/mol. The van der Waals surface area contributed by atoms with Crippen LogP contribution in [0.1, 0.15) is 11.1 Å². The summed E-state index contributed by atoms with van der Waals surface area (Å²) in [5, 5.41) is 9.26. The van der Waals surface area contributed by atoms with Gasteiger partial charge in [-0.15, -0.1) is 0 Å². The molecule has 2 aliphatic rings. The molecule has 1 fully saturated rings. The van der Waals surface area contributed by atoms with E-state index in [-0.39, 0.29) is 18.3 Å². The molecule has 0 aliphatic carbocycles. The van der Waals surface area contributed by atoms with E-state index in [1.807, 2.05) is 19.1 Å². The van der Waals surface area contributed by atoms with Crippen molar-refractivity contribution in [1.82, 2.24) is 5.01 Å². The third-order valence-electron chi connectivity index (χ3n) is 4.44. The van der Waals surface area contributed by atoms with Gasteiger partial charge < -0.3 is 0 Å². The molecule has 0 N–H and O–H groups in total. The number of aryl methyl sites for hydroxylation is 1. The van der Waals surface area contributed by atoms with Gasteiger partial charge in [-0.3, -0.25) is 14.6 Å². The van der Waals surface area contributed by atoms with Crippen LogP contribution in [0.3, 0.4) is 0 Å². The van der Waals surface area contributed by atoms with Crippen molar-refractivity contribution in [2.45, 2.75) is 25.6 Å². The zero-order chi connectivity index (χ0) is 17.6. The van der Waals surface area contributed by atoms with E-state index >= 15 is 0 Å². The lowest BCUT2D eigenvalue weighted by atomic mass is 10.1. The minimum absolute atomic E-state index is 0.0814. The van der Waals surface area contributed by atoms with Crippen LogP contribution in [0.5, 0.6) is 0 Å². The molecule has 0 unspecified atom stereocenters. The third kappa shape index (κ3) is 2.48. The van der Waals surface area contributed by atoms with E-state index in [4.69, 9.17) is 0 Å². The normalized spacial score (nSPS) is 22.0. The van der Waals surface area contributed by atoms with Crippen molar-refractivity contribution in [3.63, 3.8) is 0 Å². The number of nitrogens with zero attached hydrogens (tertiary/aromatic N) is 4. The van der Waals surface area contributed by atoms with Crippen LogP contribution in [0.15, 0.2) is 58.9 Å². The molecule has 2 aromatic rings. The molecule has 4 rings (SSSR count). The van der Waals surface area contributed by atoms with Gasteiger partial charge in [0, 0.05) is 5.56 Å². The molecule has 2 atom stereocenters. The Bertz CT molecular complexity index is 881. The second-order valence-corrected chi connectivity index (χ2v) is 6.13. The first kappa shape index (κ1) is 15.4. The van der Waals surface area contributed by atoms with Gasteiger partial charge in [-0.1, -0.05) is 41.1 Å². The van der Waals surface area contributed by atoms with Crippen molar-refractivity contribution in [3.05, 3.63) is 65.5 Å². The number of amides is 2. The highest BCUT2D eigenvalue weighted by Crippen LogP contribution is 2.33. The SMILES string of the molecule is Cc1ccc(N2C(=O)[C@@H]3[C@@H](N=NN3Cc3ccccc3F)C2=O)cc1. The molecule has 7 heteroatoms. The van der Waals surface area contributed by atoms with Gasteiger partial charge in [-0.05, 0) is 25.1 Å². The van der Waals surface area contributed by atoms with Crippen molar-refractivity contribution in [2.75, 3.05) is 4.90 Å². The molecule has 1 saturated heterocycles. The lowest BCUT2D eigenvalue weighted by Crippen LogP contribution is -2.39. The third-order valence-corrected chi connectivity index (χ3v) is 4.44. The number of hydrogen-bond acceptors (Lipinski definition) is 5. The van der Waals surface area contributed by atoms with Gasteiger partial charge in [-0.25, -0.2) is 9.29 Å². The van der Waals surface area contributed by atoms with Crippen molar-refractivity contribution in [2.24, 2.45) is 10.3 Å². The average molecular weight is 338 g/mol. The van der Waals surface area contributed by atoms with Crippen LogP contribution in [0.25, 0.3) is 0 Å². The van der Waals surface area contributed by atoms with E-state index in [1.165, 1.54) is 11.1 Å². The molecule has 25 heavy (non-hydrogen) atoms. The molecule has 2 amide bonds. The minimum Gasteiger partial charge on any atom is -0.271 e. The maximum Gasteiger partial charge on any atom is 0.263 e. The molecule has 2 aromatic carbocycles. The van der Waals surface area contributed by atoms with E-state index in [0.717, 1.165) is 10.5 Å². The molecule has 6 nitrogen and oxygen atoms in total. The van der Waals surface area contributed by atoms with Gasteiger partial charge in [0.2, 0.25) is 0 Å². The predicted molar refractivity (Wildman–Crippen MR) is 88.0 cm³/mol. The van der Waals surface area contributed by atoms with Crippen molar-refractivity contribution in [3.8, 4) is 0 Å². The number of rotatable bonds is 3. The highest BCUT2D eigenvalue weighted by atomic mass is 19.1. The fraction of sp³-hybridized carbons (Fsp3) is 0.222. The molecule has 0 bridgehead atoms. The van der Waals surface area contributed by atoms with Crippen LogP contribution in [-0.2, 0) is 16.1 Å². The second-order valence-electron chi connectivity index (χ2n) is 6.13. The van der Waals surface area contributed by atoms with Crippen LogP contribution in [-0.4, -0.2) is 28.9 Å². The predicted octanol–water partition coefficient (Wildman–Crippen LogP) is 2.63. The Morgan fingerprint density at radius 1 is 1.04 bits per heavy atom. The van der Waals surface area contributed by atoms with Gasteiger partial charge in [0.1, 0.15) is 5.82 Å². The minimum atomic E-state index is -0.874. The summed E-state index contributed by atoms with van der Waals surface area (Å²) in [7, 11) is 0. The van der Waals surface area contributed by atoms with Gasteiger partial charge in [-0.2, -0.15) is 5.11 Å². The molecule has 0 aromatic heterocycles. The Hall–Kier alpha value is -3.09. The zero-order valence-electron chi connectivity index (χ0n) is 13.5. The second kappa shape index (κ2) is 5.77. The molecule has 0 radical (unpaired) electrons. The van der Waals surface area contributed by atoms with Crippen LogP contribution < -0.4 is 4.90 Å². The Morgan fingerprint density at radius 2 is 1.76 bits per heavy atom. The highest BCUT2D eigenvalue weighted by Gasteiger charge is 2.54. The topological polar surface area (TPSA) is 65.3 Å². The van der Waals surface area contributed by atoms with Gasteiger partial charge >= 0.3 is 0 Å². The van der Waals surface area contributed by atoms with Crippen molar-refractivity contribution < 1.29 is 14.0 Å². The summed E-state index contributed by atoms with van der Waals surface area (Å²) in [5.74, 6) is -1.17. The van der Waals surface area contributed by atoms with E-state index in [0.29, 0.717) is 11.3 Å². The Kier molecular flexibility index (Phi) is 3.56. The van der Waals surface area contributed by atoms with Gasteiger partial charge in [0.05, 0.1) is 12.2 Å². The van der Waals surface area contributed by atoms with Gasteiger partial charge in [0.15, 0.2) is 12.1 Å². The van der Waals surface area contributed by atoms with E-state index < -0.39 is 18.0 Å². The number of fused-ring (bicyclic) bond motifs is 1. The zero-order valence-corrected chi connectivity index (χ0v) is 13.5. The lowest BCUT2D eigenvalue weighted by molar-refractivity contribution is -0.123.